The molecular weight excluding hydrogens is 284 g/mol. The predicted octanol–water partition coefficient (Wildman–Crippen LogP) is 3.34. The monoisotopic (exact) mass is 302 g/mol. The van der Waals surface area contributed by atoms with Crippen molar-refractivity contribution in [1.29, 1.82) is 0 Å². The van der Waals surface area contributed by atoms with Crippen LogP contribution in [0.3, 0.4) is 0 Å². The minimum Gasteiger partial charge on any atom is -0.355 e. The van der Waals surface area contributed by atoms with Crippen LogP contribution < -0.4 is 5.32 Å². The number of aromatic nitrogens is 3. The highest BCUT2D eigenvalue weighted by Crippen LogP contribution is 2.25. The van der Waals surface area contributed by atoms with Gasteiger partial charge in [-0.15, -0.1) is 11.3 Å². The van der Waals surface area contributed by atoms with Gasteiger partial charge in [0.25, 0.3) is 0 Å². The lowest BCUT2D eigenvalue weighted by Gasteiger charge is -2.21. The highest BCUT2D eigenvalue weighted by molar-refractivity contribution is 7.13. The van der Waals surface area contributed by atoms with E-state index in [1.165, 1.54) is 0 Å². The Morgan fingerprint density at radius 1 is 1.38 bits per heavy atom. The van der Waals surface area contributed by atoms with Crippen molar-refractivity contribution >= 4 is 11.3 Å². The summed E-state index contributed by atoms with van der Waals surface area (Å²) in [6.45, 7) is 4.97. The van der Waals surface area contributed by atoms with Crippen LogP contribution in [0.15, 0.2) is 46.6 Å². The maximum atomic E-state index is 5.38. The van der Waals surface area contributed by atoms with E-state index in [4.69, 9.17) is 4.52 Å². The Hall–Kier alpha value is -1.92. The molecule has 110 valence electrons. The van der Waals surface area contributed by atoms with E-state index in [-0.39, 0.29) is 12.1 Å². The number of hydrogen-bond acceptors (Lipinski definition) is 5. The van der Waals surface area contributed by atoms with Crippen molar-refractivity contribution < 1.29 is 4.52 Å². The van der Waals surface area contributed by atoms with Gasteiger partial charge in [0.1, 0.15) is 0 Å². The molecule has 0 bridgehead atoms. The Labute approximate surface area is 127 Å². The second-order valence-corrected chi connectivity index (χ2v) is 6.00. The summed E-state index contributed by atoms with van der Waals surface area (Å²) >= 11 is 1.65. The Bertz CT molecular complexity index is 660. The quantitative estimate of drug-likeness (QED) is 0.759. The number of rotatable bonds is 6. The molecule has 2 atom stereocenters. The van der Waals surface area contributed by atoms with Gasteiger partial charge in [0.15, 0.2) is 5.76 Å². The van der Waals surface area contributed by atoms with Gasteiger partial charge in [0.2, 0.25) is 0 Å². The highest BCUT2D eigenvalue weighted by atomic mass is 32.1. The summed E-state index contributed by atoms with van der Waals surface area (Å²) < 4.78 is 7.33. The number of thiophene rings is 1. The van der Waals surface area contributed by atoms with E-state index < -0.39 is 0 Å². The molecule has 5 nitrogen and oxygen atoms in total. The maximum Gasteiger partial charge on any atom is 0.177 e. The molecule has 0 aromatic carbocycles. The molecule has 0 saturated carbocycles. The predicted molar refractivity (Wildman–Crippen MR) is 83.1 cm³/mol. The summed E-state index contributed by atoms with van der Waals surface area (Å²) in [6, 6.07) is 8.53. The summed E-state index contributed by atoms with van der Waals surface area (Å²) in [5, 5.41) is 13.9. The molecule has 21 heavy (non-hydrogen) atoms. The summed E-state index contributed by atoms with van der Waals surface area (Å²) in [4.78, 5) is 1.10. The van der Waals surface area contributed by atoms with Crippen molar-refractivity contribution in [2.24, 2.45) is 0 Å². The van der Waals surface area contributed by atoms with Gasteiger partial charge in [0, 0.05) is 31.0 Å². The minimum atomic E-state index is 0.281. The van der Waals surface area contributed by atoms with E-state index in [2.05, 4.69) is 29.4 Å². The van der Waals surface area contributed by atoms with Crippen molar-refractivity contribution in [2.45, 2.75) is 32.5 Å². The summed E-state index contributed by atoms with van der Waals surface area (Å²) in [7, 11) is 0. The average molecular weight is 302 g/mol. The molecule has 3 heterocycles. The van der Waals surface area contributed by atoms with Crippen molar-refractivity contribution in [2.75, 3.05) is 0 Å². The lowest BCUT2D eigenvalue weighted by atomic mass is 10.1. The third-order valence-corrected chi connectivity index (χ3v) is 4.48. The lowest BCUT2D eigenvalue weighted by Crippen LogP contribution is -2.33. The van der Waals surface area contributed by atoms with Crippen LogP contribution in [0.4, 0.5) is 0 Å². The number of nitrogens with one attached hydrogen (secondary N) is 1. The molecule has 0 aliphatic carbocycles. The summed E-state index contributed by atoms with van der Waals surface area (Å²) in [6.07, 6.45) is 3.78. The second-order valence-electron chi connectivity index (χ2n) is 5.06. The van der Waals surface area contributed by atoms with Crippen LogP contribution in [0.5, 0.6) is 0 Å². The molecule has 0 aliphatic rings. The highest BCUT2D eigenvalue weighted by Gasteiger charge is 2.15. The Morgan fingerprint density at radius 3 is 3.00 bits per heavy atom. The Balaban J connectivity index is 1.58. The normalized spacial score (nSPS) is 14.2. The van der Waals surface area contributed by atoms with Gasteiger partial charge in [-0.25, -0.2) is 0 Å². The molecule has 0 fully saturated rings. The van der Waals surface area contributed by atoms with E-state index in [9.17, 15) is 0 Å². The van der Waals surface area contributed by atoms with Crippen molar-refractivity contribution in [3.8, 4) is 10.6 Å². The first-order valence-electron chi connectivity index (χ1n) is 6.96. The van der Waals surface area contributed by atoms with Crippen LogP contribution in [0, 0.1) is 0 Å². The van der Waals surface area contributed by atoms with Gasteiger partial charge in [-0.2, -0.15) is 5.10 Å². The standard InChI is InChI=1S/C15H18N4OS/c1-11(12(2)19-7-4-6-17-19)16-10-13-9-14(20-18-13)15-5-3-8-21-15/h3-9,11-12,16H,10H2,1-2H3/t11-,12+/m1/s1. The van der Waals surface area contributed by atoms with E-state index in [1.807, 2.05) is 40.5 Å². The van der Waals surface area contributed by atoms with Gasteiger partial charge in [-0.05, 0) is 31.4 Å². The van der Waals surface area contributed by atoms with E-state index in [1.54, 1.807) is 17.5 Å². The zero-order chi connectivity index (χ0) is 14.7. The number of hydrogen-bond donors (Lipinski definition) is 1. The molecule has 3 rings (SSSR count). The molecule has 0 radical (unpaired) electrons. The van der Waals surface area contributed by atoms with Gasteiger partial charge in [-0.1, -0.05) is 11.2 Å². The molecule has 0 amide bonds. The minimum absolute atomic E-state index is 0.281. The SMILES string of the molecule is C[C@@H](NCc1cc(-c2cccs2)on1)[C@H](C)n1cccn1. The topological polar surface area (TPSA) is 55.9 Å². The molecular formula is C15H18N4OS. The van der Waals surface area contributed by atoms with Gasteiger partial charge in [-0.3, -0.25) is 4.68 Å². The first kappa shape index (κ1) is 14.0. The Morgan fingerprint density at radius 2 is 2.29 bits per heavy atom. The van der Waals surface area contributed by atoms with Crippen molar-refractivity contribution in [3.63, 3.8) is 0 Å². The zero-order valence-corrected chi connectivity index (χ0v) is 12.9. The average Bonchev–Trinajstić information content (AvgIpc) is 3.25. The molecule has 0 aliphatic heterocycles. The number of nitrogens with zero attached hydrogens (tertiary/aromatic N) is 3. The maximum absolute atomic E-state index is 5.38. The summed E-state index contributed by atoms with van der Waals surface area (Å²) in [5.74, 6) is 0.828. The van der Waals surface area contributed by atoms with Crippen LogP contribution >= 0.6 is 11.3 Å². The fourth-order valence-corrected chi connectivity index (χ4v) is 2.79. The second kappa shape index (κ2) is 6.24. The lowest BCUT2D eigenvalue weighted by molar-refractivity contribution is 0.357. The fourth-order valence-electron chi connectivity index (χ4n) is 2.12. The summed E-state index contributed by atoms with van der Waals surface area (Å²) in [5.41, 5.74) is 0.915. The molecule has 6 heteroatoms. The van der Waals surface area contributed by atoms with Crippen molar-refractivity contribution in [3.05, 3.63) is 47.7 Å². The first-order chi connectivity index (χ1) is 10.2. The van der Waals surface area contributed by atoms with Crippen LogP contribution in [0.1, 0.15) is 25.6 Å². The van der Waals surface area contributed by atoms with Crippen LogP contribution in [0.2, 0.25) is 0 Å². The van der Waals surface area contributed by atoms with Crippen molar-refractivity contribution in [1.82, 2.24) is 20.3 Å². The van der Waals surface area contributed by atoms with E-state index in [0.717, 1.165) is 16.3 Å². The first-order valence-corrected chi connectivity index (χ1v) is 7.84. The third-order valence-electron chi connectivity index (χ3n) is 3.59. The molecule has 1 N–H and O–H groups in total. The third kappa shape index (κ3) is 3.22. The van der Waals surface area contributed by atoms with Crippen LogP contribution in [0.25, 0.3) is 10.6 Å². The fraction of sp³-hybridized carbons (Fsp3) is 0.333. The zero-order valence-electron chi connectivity index (χ0n) is 12.1. The molecule has 3 aromatic heterocycles. The van der Waals surface area contributed by atoms with Gasteiger partial charge in [0.05, 0.1) is 16.6 Å². The Kier molecular flexibility index (Phi) is 4.17. The van der Waals surface area contributed by atoms with Gasteiger partial charge >= 0.3 is 0 Å². The molecule has 3 aromatic rings. The van der Waals surface area contributed by atoms with E-state index >= 15 is 0 Å². The van der Waals surface area contributed by atoms with Crippen LogP contribution in [-0.2, 0) is 6.54 Å². The van der Waals surface area contributed by atoms with E-state index in [0.29, 0.717) is 6.54 Å². The molecule has 0 unspecified atom stereocenters. The molecule has 0 spiro atoms. The smallest absolute Gasteiger partial charge is 0.177 e. The molecule has 0 saturated heterocycles. The largest absolute Gasteiger partial charge is 0.355 e. The van der Waals surface area contributed by atoms with Gasteiger partial charge < -0.3 is 9.84 Å². The van der Waals surface area contributed by atoms with Crippen LogP contribution in [-0.4, -0.2) is 21.0 Å².